The Balaban J connectivity index is 1.91. The second kappa shape index (κ2) is 5.82. The van der Waals surface area contributed by atoms with Gasteiger partial charge < -0.3 is 15.1 Å². The molecule has 1 aromatic carbocycles. The van der Waals surface area contributed by atoms with Crippen LogP contribution in [0.15, 0.2) is 35.0 Å². The first-order chi connectivity index (χ1) is 10.6. The highest BCUT2D eigenvalue weighted by molar-refractivity contribution is 6.42. The first-order valence-electron chi connectivity index (χ1n) is 6.26. The smallest absolute Gasteiger partial charge is 0.300 e. The fourth-order valence-electron chi connectivity index (χ4n) is 1.88. The molecule has 2 aromatic heterocycles. The van der Waals surface area contributed by atoms with Crippen LogP contribution >= 0.6 is 23.2 Å². The Morgan fingerprint density at radius 1 is 1.18 bits per heavy atom. The van der Waals surface area contributed by atoms with Crippen LogP contribution in [0.25, 0.3) is 11.1 Å². The van der Waals surface area contributed by atoms with Gasteiger partial charge in [0.15, 0.2) is 5.58 Å². The van der Waals surface area contributed by atoms with Crippen LogP contribution in [-0.4, -0.2) is 22.9 Å². The van der Waals surface area contributed by atoms with E-state index in [1.165, 1.54) is 6.20 Å². The Labute approximate surface area is 135 Å². The van der Waals surface area contributed by atoms with Crippen LogP contribution in [0.5, 0.6) is 0 Å². The molecule has 0 unspecified atom stereocenters. The van der Waals surface area contributed by atoms with Crippen LogP contribution in [0, 0.1) is 0 Å². The maximum absolute atomic E-state index is 11.6. The van der Waals surface area contributed by atoms with Gasteiger partial charge in [-0.15, -0.1) is 0 Å². The zero-order valence-corrected chi connectivity index (χ0v) is 12.9. The minimum Gasteiger partial charge on any atom is -0.423 e. The first kappa shape index (κ1) is 14.6. The van der Waals surface area contributed by atoms with Gasteiger partial charge in [0, 0.05) is 19.3 Å². The standard InChI is InChI=1S/C14H10Cl2N4O2/c1-17-13(21)7-2-8(6-18-5-7)19-14-20-11-3-9(15)10(16)4-12(11)22-14/h2-6H,1H3,(H,17,21)(H,19,20). The molecular weight excluding hydrogens is 327 g/mol. The van der Waals surface area contributed by atoms with Crippen molar-refractivity contribution in [1.29, 1.82) is 0 Å². The molecule has 0 aliphatic carbocycles. The van der Waals surface area contributed by atoms with Gasteiger partial charge in [0.25, 0.3) is 11.9 Å². The summed E-state index contributed by atoms with van der Waals surface area (Å²) < 4.78 is 5.54. The van der Waals surface area contributed by atoms with Crippen LogP contribution in [0.3, 0.4) is 0 Å². The van der Waals surface area contributed by atoms with Gasteiger partial charge in [-0.3, -0.25) is 9.78 Å². The Morgan fingerprint density at radius 3 is 2.73 bits per heavy atom. The van der Waals surface area contributed by atoms with Gasteiger partial charge in [-0.2, -0.15) is 4.98 Å². The van der Waals surface area contributed by atoms with Gasteiger partial charge in [0.05, 0.1) is 27.5 Å². The summed E-state index contributed by atoms with van der Waals surface area (Å²) >= 11 is 11.9. The zero-order chi connectivity index (χ0) is 15.7. The van der Waals surface area contributed by atoms with Crippen LogP contribution in [-0.2, 0) is 0 Å². The Kier molecular flexibility index (Phi) is 3.87. The Morgan fingerprint density at radius 2 is 1.95 bits per heavy atom. The van der Waals surface area contributed by atoms with Gasteiger partial charge >= 0.3 is 0 Å². The number of hydrogen-bond donors (Lipinski definition) is 2. The van der Waals surface area contributed by atoms with E-state index in [0.717, 1.165) is 0 Å². The molecule has 3 aromatic rings. The second-order valence-corrected chi connectivity index (χ2v) is 5.23. The van der Waals surface area contributed by atoms with E-state index in [0.29, 0.717) is 32.4 Å². The molecule has 0 radical (unpaired) electrons. The van der Waals surface area contributed by atoms with E-state index in [2.05, 4.69) is 20.6 Å². The molecule has 0 aliphatic heterocycles. The highest BCUT2D eigenvalue weighted by Crippen LogP contribution is 2.30. The number of carbonyl (C=O) groups is 1. The number of nitrogens with one attached hydrogen (secondary N) is 2. The molecule has 22 heavy (non-hydrogen) atoms. The lowest BCUT2D eigenvalue weighted by molar-refractivity contribution is 0.0963. The van der Waals surface area contributed by atoms with E-state index in [1.807, 2.05) is 0 Å². The number of amides is 1. The maximum Gasteiger partial charge on any atom is 0.300 e. The zero-order valence-electron chi connectivity index (χ0n) is 11.4. The summed E-state index contributed by atoms with van der Waals surface area (Å²) in [6, 6.07) is 5.11. The molecule has 3 rings (SSSR count). The number of rotatable bonds is 3. The number of carbonyl (C=O) groups excluding carboxylic acids is 1. The minimum atomic E-state index is -0.229. The van der Waals surface area contributed by atoms with Gasteiger partial charge in [-0.25, -0.2) is 0 Å². The van der Waals surface area contributed by atoms with Crippen LogP contribution in [0.2, 0.25) is 10.0 Å². The van der Waals surface area contributed by atoms with Crippen molar-refractivity contribution in [1.82, 2.24) is 15.3 Å². The summed E-state index contributed by atoms with van der Waals surface area (Å²) in [5, 5.41) is 6.27. The predicted octanol–water partition coefficient (Wildman–Crippen LogP) is 3.63. The Bertz CT molecular complexity index is 824. The fraction of sp³-hybridized carbons (Fsp3) is 0.0714. The average molecular weight is 337 g/mol. The summed E-state index contributed by atoms with van der Waals surface area (Å²) in [7, 11) is 1.55. The molecule has 2 N–H and O–H groups in total. The number of fused-ring (bicyclic) bond motifs is 1. The van der Waals surface area contributed by atoms with Crippen molar-refractivity contribution < 1.29 is 9.21 Å². The number of pyridine rings is 1. The van der Waals surface area contributed by atoms with E-state index >= 15 is 0 Å². The van der Waals surface area contributed by atoms with Crippen molar-refractivity contribution >= 4 is 51.9 Å². The minimum absolute atomic E-state index is 0.229. The number of halogens is 2. The fourth-order valence-corrected chi connectivity index (χ4v) is 2.19. The molecule has 6 nitrogen and oxygen atoms in total. The number of oxazole rings is 1. The normalized spacial score (nSPS) is 10.7. The van der Waals surface area contributed by atoms with Crippen LogP contribution < -0.4 is 10.6 Å². The molecule has 8 heteroatoms. The summed E-state index contributed by atoms with van der Waals surface area (Å²) in [6.45, 7) is 0. The maximum atomic E-state index is 11.6. The summed E-state index contributed by atoms with van der Waals surface area (Å²) in [6.07, 6.45) is 3.02. The van der Waals surface area contributed by atoms with Crippen molar-refractivity contribution in [2.45, 2.75) is 0 Å². The summed E-state index contributed by atoms with van der Waals surface area (Å²) in [5.74, 6) is -0.229. The molecule has 0 saturated heterocycles. The summed E-state index contributed by atoms with van der Waals surface area (Å²) in [5.41, 5.74) is 2.08. The van der Waals surface area contributed by atoms with Crippen LogP contribution in [0.1, 0.15) is 10.4 Å². The third kappa shape index (κ3) is 2.84. The third-order valence-corrected chi connectivity index (χ3v) is 3.63. The number of nitrogens with zero attached hydrogens (tertiary/aromatic N) is 2. The van der Waals surface area contributed by atoms with Crippen molar-refractivity contribution in [2.24, 2.45) is 0 Å². The number of anilines is 2. The van der Waals surface area contributed by atoms with Gasteiger partial charge in [0.1, 0.15) is 5.52 Å². The van der Waals surface area contributed by atoms with Crippen molar-refractivity contribution in [3.63, 3.8) is 0 Å². The average Bonchev–Trinajstić information content (AvgIpc) is 2.88. The first-order valence-corrected chi connectivity index (χ1v) is 7.02. The number of hydrogen-bond acceptors (Lipinski definition) is 5. The molecule has 1 amide bonds. The lowest BCUT2D eigenvalue weighted by atomic mass is 10.2. The lowest BCUT2D eigenvalue weighted by Crippen LogP contribution is -2.18. The predicted molar refractivity (Wildman–Crippen MR) is 84.9 cm³/mol. The van der Waals surface area contributed by atoms with E-state index in [-0.39, 0.29) is 11.9 Å². The lowest BCUT2D eigenvalue weighted by Gasteiger charge is -2.03. The van der Waals surface area contributed by atoms with E-state index in [9.17, 15) is 4.79 Å². The van der Waals surface area contributed by atoms with Crippen LogP contribution in [0.4, 0.5) is 11.7 Å². The molecule has 2 heterocycles. The number of aromatic nitrogens is 2. The highest BCUT2D eigenvalue weighted by Gasteiger charge is 2.10. The molecule has 0 atom stereocenters. The molecule has 0 saturated carbocycles. The topological polar surface area (TPSA) is 80.0 Å². The SMILES string of the molecule is CNC(=O)c1cncc(Nc2nc3cc(Cl)c(Cl)cc3o2)c1. The van der Waals surface area contributed by atoms with E-state index in [1.54, 1.807) is 31.4 Å². The Hall–Kier alpha value is -2.31. The molecule has 0 fully saturated rings. The van der Waals surface area contributed by atoms with E-state index in [4.69, 9.17) is 27.6 Å². The van der Waals surface area contributed by atoms with Crippen molar-refractivity contribution in [3.8, 4) is 0 Å². The van der Waals surface area contributed by atoms with Gasteiger partial charge in [0.2, 0.25) is 0 Å². The van der Waals surface area contributed by atoms with Crippen molar-refractivity contribution in [2.75, 3.05) is 12.4 Å². The molecule has 0 aliphatic rings. The van der Waals surface area contributed by atoms with Crippen molar-refractivity contribution in [3.05, 3.63) is 46.2 Å². The largest absolute Gasteiger partial charge is 0.423 e. The molecule has 0 bridgehead atoms. The number of benzene rings is 1. The third-order valence-electron chi connectivity index (χ3n) is 2.91. The van der Waals surface area contributed by atoms with Gasteiger partial charge in [-0.1, -0.05) is 23.2 Å². The van der Waals surface area contributed by atoms with Gasteiger partial charge in [-0.05, 0) is 12.1 Å². The summed E-state index contributed by atoms with van der Waals surface area (Å²) in [4.78, 5) is 19.8. The second-order valence-electron chi connectivity index (χ2n) is 4.42. The quantitative estimate of drug-likeness (QED) is 0.763. The molecule has 112 valence electrons. The van der Waals surface area contributed by atoms with E-state index < -0.39 is 0 Å². The molecule has 0 spiro atoms. The monoisotopic (exact) mass is 336 g/mol. The molecular formula is C14H10Cl2N4O2. The highest BCUT2D eigenvalue weighted by atomic mass is 35.5.